The zero-order valence-corrected chi connectivity index (χ0v) is 12.1. The highest BCUT2D eigenvalue weighted by atomic mass is 32.2. The molecule has 110 valence electrons. The van der Waals surface area contributed by atoms with Crippen molar-refractivity contribution in [1.82, 2.24) is 0 Å². The highest BCUT2D eigenvalue weighted by Gasteiger charge is 2.43. The third-order valence-electron chi connectivity index (χ3n) is 4.01. The van der Waals surface area contributed by atoms with Crippen molar-refractivity contribution in [3.05, 3.63) is 24.3 Å². The van der Waals surface area contributed by atoms with Gasteiger partial charge in [-0.3, -0.25) is 4.79 Å². The first-order valence-corrected chi connectivity index (χ1v) is 7.94. The van der Waals surface area contributed by atoms with Gasteiger partial charge in [-0.1, -0.05) is 6.92 Å². The summed E-state index contributed by atoms with van der Waals surface area (Å²) in [6.45, 7) is 2.96. The number of rotatable bonds is 4. The minimum absolute atomic E-state index is 0.0560. The number of anilines is 1. The smallest absolute Gasteiger partial charge is 0.311 e. The second-order valence-corrected chi connectivity index (χ2v) is 6.71. The van der Waals surface area contributed by atoms with E-state index in [1.54, 1.807) is 12.1 Å². The first-order valence-electron chi connectivity index (χ1n) is 6.40. The molecule has 1 saturated heterocycles. The fourth-order valence-electron chi connectivity index (χ4n) is 2.55. The molecule has 1 aromatic carbocycles. The lowest BCUT2D eigenvalue weighted by Gasteiger charge is -2.24. The summed E-state index contributed by atoms with van der Waals surface area (Å²) in [5, 5.41) is 14.4. The fraction of sp³-hybridized carbons (Fsp3) is 0.462. The maximum atomic E-state index is 11.4. The van der Waals surface area contributed by atoms with Crippen LogP contribution in [0, 0.1) is 5.41 Å². The predicted octanol–water partition coefficient (Wildman–Crippen LogP) is 1.03. The molecule has 1 atom stereocenters. The summed E-state index contributed by atoms with van der Waals surface area (Å²) in [5.74, 6) is -0.774. The van der Waals surface area contributed by atoms with Crippen molar-refractivity contribution in [3.8, 4) is 0 Å². The molecule has 3 N–H and O–H groups in total. The molecule has 0 spiro atoms. The standard InChI is InChI=1S/C13H18N2O4S/c1-2-13(12(16)17)7-8-15(9-13)10-3-5-11(6-4-10)20(14,18)19/h3-6H,2,7-9H2,1H3,(H,16,17)(H2,14,18,19). The van der Waals surface area contributed by atoms with Gasteiger partial charge in [-0.25, -0.2) is 13.6 Å². The molecule has 1 aliphatic rings. The Bertz CT molecular complexity index is 612. The van der Waals surface area contributed by atoms with Crippen LogP contribution in [0.1, 0.15) is 19.8 Å². The van der Waals surface area contributed by atoms with Crippen molar-refractivity contribution < 1.29 is 18.3 Å². The van der Waals surface area contributed by atoms with E-state index >= 15 is 0 Å². The summed E-state index contributed by atoms with van der Waals surface area (Å²) in [4.78, 5) is 13.4. The number of carbonyl (C=O) groups is 1. The summed E-state index contributed by atoms with van der Waals surface area (Å²) >= 11 is 0. The number of nitrogens with zero attached hydrogens (tertiary/aromatic N) is 1. The van der Waals surface area contributed by atoms with Crippen molar-refractivity contribution in [2.24, 2.45) is 10.6 Å². The van der Waals surface area contributed by atoms with Crippen LogP contribution >= 0.6 is 0 Å². The van der Waals surface area contributed by atoms with Crippen LogP contribution in [0.25, 0.3) is 0 Å². The van der Waals surface area contributed by atoms with Crippen molar-refractivity contribution in [2.75, 3.05) is 18.0 Å². The van der Waals surface area contributed by atoms with Gasteiger partial charge in [-0.15, -0.1) is 0 Å². The lowest BCUT2D eigenvalue weighted by Crippen LogP contribution is -2.34. The summed E-state index contributed by atoms with van der Waals surface area (Å²) in [7, 11) is -3.70. The molecule has 6 nitrogen and oxygen atoms in total. The van der Waals surface area contributed by atoms with E-state index in [1.807, 2.05) is 11.8 Å². The number of carboxylic acid groups (broad SMARTS) is 1. The Hall–Kier alpha value is -1.60. The van der Waals surface area contributed by atoms with Gasteiger partial charge in [0.05, 0.1) is 10.3 Å². The maximum Gasteiger partial charge on any atom is 0.311 e. The van der Waals surface area contributed by atoms with E-state index in [9.17, 15) is 18.3 Å². The molecule has 1 aromatic rings. The van der Waals surface area contributed by atoms with Gasteiger partial charge in [0.2, 0.25) is 10.0 Å². The van der Waals surface area contributed by atoms with Crippen molar-refractivity contribution >= 4 is 21.7 Å². The van der Waals surface area contributed by atoms with Gasteiger partial charge in [0.15, 0.2) is 0 Å². The molecule has 0 aliphatic carbocycles. The van der Waals surface area contributed by atoms with Crippen LogP contribution in [0.5, 0.6) is 0 Å². The molecule has 20 heavy (non-hydrogen) atoms. The normalized spacial score (nSPS) is 23.0. The lowest BCUT2D eigenvalue weighted by molar-refractivity contribution is -0.147. The molecule has 1 heterocycles. The number of benzene rings is 1. The number of sulfonamides is 1. The van der Waals surface area contributed by atoms with Gasteiger partial charge in [-0.2, -0.15) is 0 Å². The Morgan fingerprint density at radius 1 is 1.40 bits per heavy atom. The molecule has 7 heteroatoms. The molecule has 0 aromatic heterocycles. The van der Waals surface area contributed by atoms with E-state index in [0.29, 0.717) is 25.9 Å². The quantitative estimate of drug-likeness (QED) is 0.864. The van der Waals surface area contributed by atoms with E-state index in [1.165, 1.54) is 12.1 Å². The molecule has 0 saturated carbocycles. The summed E-state index contributed by atoms with van der Waals surface area (Å²) in [6.07, 6.45) is 1.17. The number of primary sulfonamides is 1. The van der Waals surface area contributed by atoms with E-state index in [2.05, 4.69) is 0 Å². The highest BCUT2D eigenvalue weighted by molar-refractivity contribution is 7.89. The Morgan fingerprint density at radius 3 is 2.40 bits per heavy atom. The Labute approximate surface area is 118 Å². The lowest BCUT2D eigenvalue weighted by atomic mass is 9.84. The SMILES string of the molecule is CCC1(C(=O)O)CCN(c2ccc(S(N)(=O)=O)cc2)C1. The van der Waals surface area contributed by atoms with Crippen LogP contribution in [0.4, 0.5) is 5.69 Å². The Balaban J connectivity index is 2.21. The zero-order valence-electron chi connectivity index (χ0n) is 11.2. The number of aliphatic carboxylic acids is 1. The average Bonchev–Trinajstić information content (AvgIpc) is 2.83. The minimum atomic E-state index is -3.70. The van der Waals surface area contributed by atoms with Gasteiger partial charge < -0.3 is 10.0 Å². The first-order chi connectivity index (χ1) is 9.28. The van der Waals surface area contributed by atoms with E-state index in [0.717, 1.165) is 5.69 Å². The summed E-state index contributed by atoms with van der Waals surface area (Å²) < 4.78 is 22.4. The maximum absolute atomic E-state index is 11.4. The molecule has 1 fully saturated rings. The number of carboxylic acids is 1. The van der Waals surface area contributed by atoms with E-state index in [-0.39, 0.29) is 4.90 Å². The molecule has 0 bridgehead atoms. The van der Waals surface area contributed by atoms with Crippen LogP contribution in [0.3, 0.4) is 0 Å². The molecular weight excluding hydrogens is 280 g/mol. The van der Waals surface area contributed by atoms with Gasteiger partial charge in [0.1, 0.15) is 0 Å². The molecule has 1 unspecified atom stereocenters. The predicted molar refractivity (Wildman–Crippen MR) is 75.0 cm³/mol. The molecular formula is C13H18N2O4S. The van der Waals surface area contributed by atoms with Crippen LogP contribution in [0.2, 0.25) is 0 Å². The highest BCUT2D eigenvalue weighted by Crippen LogP contribution is 2.36. The van der Waals surface area contributed by atoms with Crippen molar-refractivity contribution in [2.45, 2.75) is 24.7 Å². The second-order valence-electron chi connectivity index (χ2n) is 5.15. The fourth-order valence-corrected chi connectivity index (χ4v) is 3.07. The van der Waals surface area contributed by atoms with Crippen molar-refractivity contribution in [1.29, 1.82) is 0 Å². The van der Waals surface area contributed by atoms with Crippen LogP contribution in [-0.4, -0.2) is 32.6 Å². The summed E-state index contributed by atoms with van der Waals surface area (Å²) in [5.41, 5.74) is 0.104. The number of hydrogen-bond acceptors (Lipinski definition) is 4. The van der Waals surface area contributed by atoms with Crippen LogP contribution in [0.15, 0.2) is 29.2 Å². The van der Waals surface area contributed by atoms with Crippen LogP contribution < -0.4 is 10.0 Å². The van der Waals surface area contributed by atoms with Gasteiger partial charge in [-0.05, 0) is 37.1 Å². The largest absolute Gasteiger partial charge is 0.481 e. The molecule has 0 amide bonds. The second kappa shape index (κ2) is 5.06. The van der Waals surface area contributed by atoms with E-state index in [4.69, 9.17) is 5.14 Å². The van der Waals surface area contributed by atoms with Crippen LogP contribution in [-0.2, 0) is 14.8 Å². The molecule has 2 rings (SSSR count). The van der Waals surface area contributed by atoms with Gasteiger partial charge in [0, 0.05) is 18.8 Å². The number of nitrogens with two attached hydrogens (primary N) is 1. The molecule has 1 aliphatic heterocycles. The average molecular weight is 298 g/mol. The third-order valence-corrected chi connectivity index (χ3v) is 4.94. The monoisotopic (exact) mass is 298 g/mol. The van der Waals surface area contributed by atoms with E-state index < -0.39 is 21.4 Å². The Morgan fingerprint density at radius 2 is 2.00 bits per heavy atom. The first kappa shape index (κ1) is 14.8. The third kappa shape index (κ3) is 2.64. The molecule has 0 radical (unpaired) electrons. The summed E-state index contributed by atoms with van der Waals surface area (Å²) in [6, 6.07) is 6.20. The zero-order chi connectivity index (χ0) is 15.0. The topological polar surface area (TPSA) is 101 Å². The number of hydrogen-bond donors (Lipinski definition) is 2. The van der Waals surface area contributed by atoms with Crippen molar-refractivity contribution in [3.63, 3.8) is 0 Å². The van der Waals surface area contributed by atoms with Gasteiger partial charge in [0.25, 0.3) is 0 Å². The minimum Gasteiger partial charge on any atom is -0.481 e. The Kier molecular flexibility index (Phi) is 3.75. The van der Waals surface area contributed by atoms with Gasteiger partial charge >= 0.3 is 5.97 Å².